The Hall–Kier alpha value is -1.15. The lowest BCUT2D eigenvalue weighted by Gasteiger charge is -2.01. The first-order valence-electron chi connectivity index (χ1n) is 4.44. The standard InChI is InChI=1S/C11H13ClN2/c1-4-5-6-8(2)10-7-9(3)13-11(12)14-10/h4-7H,1-3H3. The molecule has 0 spiro atoms. The minimum Gasteiger partial charge on any atom is -0.223 e. The lowest BCUT2D eigenvalue weighted by Crippen LogP contribution is -1.92. The first-order chi connectivity index (χ1) is 6.63. The van der Waals surface area contributed by atoms with Gasteiger partial charge in [0.15, 0.2) is 0 Å². The molecule has 74 valence electrons. The van der Waals surface area contributed by atoms with Crippen LogP contribution in [0.1, 0.15) is 25.2 Å². The van der Waals surface area contributed by atoms with E-state index in [-0.39, 0.29) is 0 Å². The van der Waals surface area contributed by atoms with Gasteiger partial charge in [0, 0.05) is 5.69 Å². The van der Waals surface area contributed by atoms with E-state index in [9.17, 15) is 0 Å². The van der Waals surface area contributed by atoms with E-state index in [1.807, 2.05) is 45.1 Å². The van der Waals surface area contributed by atoms with Crippen LogP contribution in [-0.4, -0.2) is 9.97 Å². The second kappa shape index (κ2) is 4.91. The van der Waals surface area contributed by atoms with Crippen LogP contribution in [0.4, 0.5) is 0 Å². The van der Waals surface area contributed by atoms with Crippen LogP contribution in [0.3, 0.4) is 0 Å². The average molecular weight is 209 g/mol. The first-order valence-corrected chi connectivity index (χ1v) is 4.82. The van der Waals surface area contributed by atoms with E-state index in [2.05, 4.69) is 9.97 Å². The lowest BCUT2D eigenvalue weighted by atomic mass is 10.2. The molecule has 0 bridgehead atoms. The van der Waals surface area contributed by atoms with Crippen molar-refractivity contribution in [3.8, 4) is 0 Å². The minimum absolute atomic E-state index is 0.299. The molecule has 0 aliphatic carbocycles. The van der Waals surface area contributed by atoms with E-state index in [1.54, 1.807) is 0 Å². The van der Waals surface area contributed by atoms with Crippen molar-refractivity contribution in [3.63, 3.8) is 0 Å². The molecule has 0 fully saturated rings. The number of allylic oxidation sites excluding steroid dienone is 4. The third-order valence-corrected chi connectivity index (χ3v) is 1.94. The predicted octanol–water partition coefficient (Wildman–Crippen LogP) is 3.42. The zero-order valence-electron chi connectivity index (χ0n) is 8.58. The van der Waals surface area contributed by atoms with Gasteiger partial charge in [-0.3, -0.25) is 0 Å². The Bertz CT molecular complexity index is 361. The maximum absolute atomic E-state index is 5.76. The van der Waals surface area contributed by atoms with Gasteiger partial charge in [-0.15, -0.1) is 0 Å². The predicted molar refractivity (Wildman–Crippen MR) is 60.2 cm³/mol. The summed E-state index contributed by atoms with van der Waals surface area (Å²) < 4.78 is 0. The maximum atomic E-state index is 5.76. The summed E-state index contributed by atoms with van der Waals surface area (Å²) in [6, 6.07) is 1.92. The molecule has 14 heavy (non-hydrogen) atoms. The summed E-state index contributed by atoms with van der Waals surface area (Å²) in [7, 11) is 0. The second-order valence-corrected chi connectivity index (χ2v) is 3.38. The summed E-state index contributed by atoms with van der Waals surface area (Å²) in [5.41, 5.74) is 2.84. The normalized spacial score (nSPS) is 12.4. The van der Waals surface area contributed by atoms with Gasteiger partial charge in [0.2, 0.25) is 5.28 Å². The number of hydrogen-bond donors (Lipinski definition) is 0. The van der Waals surface area contributed by atoms with Gasteiger partial charge in [-0.1, -0.05) is 18.2 Å². The molecule has 0 saturated carbocycles. The van der Waals surface area contributed by atoms with Crippen molar-refractivity contribution in [2.75, 3.05) is 0 Å². The van der Waals surface area contributed by atoms with Crippen LogP contribution in [0.15, 0.2) is 24.3 Å². The van der Waals surface area contributed by atoms with Crippen LogP contribution in [0, 0.1) is 6.92 Å². The number of nitrogens with zero attached hydrogens (tertiary/aromatic N) is 2. The van der Waals surface area contributed by atoms with Gasteiger partial charge in [0.1, 0.15) is 0 Å². The Labute approximate surface area is 89.3 Å². The van der Waals surface area contributed by atoms with Gasteiger partial charge in [0.25, 0.3) is 0 Å². The van der Waals surface area contributed by atoms with Crippen LogP contribution in [0.5, 0.6) is 0 Å². The molecule has 0 unspecified atom stereocenters. The molecule has 0 aromatic carbocycles. The average Bonchev–Trinajstić information content (AvgIpc) is 2.12. The highest BCUT2D eigenvalue weighted by Crippen LogP contribution is 2.14. The van der Waals surface area contributed by atoms with Crippen LogP contribution in [0.2, 0.25) is 5.28 Å². The molecule has 0 N–H and O–H groups in total. The summed E-state index contributed by atoms with van der Waals surface area (Å²) in [5, 5.41) is 0.299. The molecule has 1 heterocycles. The van der Waals surface area contributed by atoms with Crippen LogP contribution in [0.25, 0.3) is 5.57 Å². The Morgan fingerprint density at radius 3 is 2.71 bits per heavy atom. The third-order valence-electron chi connectivity index (χ3n) is 1.77. The van der Waals surface area contributed by atoms with Crippen molar-refractivity contribution in [1.29, 1.82) is 0 Å². The number of aromatic nitrogens is 2. The number of halogens is 1. The quantitative estimate of drug-likeness (QED) is 0.550. The summed E-state index contributed by atoms with van der Waals surface area (Å²) in [4.78, 5) is 8.15. The highest BCUT2D eigenvalue weighted by molar-refractivity contribution is 6.28. The SMILES string of the molecule is CC=CC=C(C)c1cc(C)nc(Cl)n1. The van der Waals surface area contributed by atoms with E-state index in [1.165, 1.54) is 0 Å². The summed E-state index contributed by atoms with van der Waals surface area (Å²) in [5.74, 6) is 0. The Balaban J connectivity index is 3.06. The highest BCUT2D eigenvalue weighted by atomic mass is 35.5. The summed E-state index contributed by atoms with van der Waals surface area (Å²) in [6.07, 6.45) is 5.94. The van der Waals surface area contributed by atoms with Gasteiger partial charge in [-0.05, 0) is 44.0 Å². The van der Waals surface area contributed by atoms with Crippen LogP contribution < -0.4 is 0 Å². The van der Waals surface area contributed by atoms with Crippen LogP contribution in [-0.2, 0) is 0 Å². The second-order valence-electron chi connectivity index (χ2n) is 3.04. The highest BCUT2D eigenvalue weighted by Gasteiger charge is 2.00. The van der Waals surface area contributed by atoms with Gasteiger partial charge < -0.3 is 0 Å². The van der Waals surface area contributed by atoms with Crippen molar-refractivity contribution in [3.05, 3.63) is 41.0 Å². The van der Waals surface area contributed by atoms with Crippen molar-refractivity contribution in [2.45, 2.75) is 20.8 Å². The molecule has 0 radical (unpaired) electrons. The van der Waals surface area contributed by atoms with Gasteiger partial charge in [-0.25, -0.2) is 9.97 Å². The van der Waals surface area contributed by atoms with Crippen molar-refractivity contribution in [2.24, 2.45) is 0 Å². The fraction of sp³-hybridized carbons (Fsp3) is 0.273. The van der Waals surface area contributed by atoms with Gasteiger partial charge in [-0.2, -0.15) is 0 Å². The Morgan fingerprint density at radius 2 is 2.14 bits per heavy atom. The molecule has 2 nitrogen and oxygen atoms in total. The molecule has 0 amide bonds. The molecular weight excluding hydrogens is 196 g/mol. The number of hydrogen-bond acceptors (Lipinski definition) is 2. The van der Waals surface area contributed by atoms with E-state index in [0.29, 0.717) is 5.28 Å². The minimum atomic E-state index is 0.299. The Kier molecular flexibility index (Phi) is 3.84. The zero-order valence-corrected chi connectivity index (χ0v) is 9.34. The smallest absolute Gasteiger partial charge is 0.223 e. The zero-order chi connectivity index (χ0) is 10.6. The first kappa shape index (κ1) is 10.9. The van der Waals surface area contributed by atoms with Crippen molar-refractivity contribution >= 4 is 17.2 Å². The molecule has 1 aromatic rings. The van der Waals surface area contributed by atoms with E-state index >= 15 is 0 Å². The third kappa shape index (κ3) is 2.96. The number of rotatable bonds is 2. The summed E-state index contributed by atoms with van der Waals surface area (Å²) >= 11 is 5.76. The monoisotopic (exact) mass is 208 g/mol. The topological polar surface area (TPSA) is 25.8 Å². The van der Waals surface area contributed by atoms with Crippen molar-refractivity contribution in [1.82, 2.24) is 9.97 Å². The molecular formula is C11H13ClN2. The summed E-state index contributed by atoms with van der Waals surface area (Å²) in [6.45, 7) is 5.88. The molecule has 1 rings (SSSR count). The van der Waals surface area contributed by atoms with Gasteiger partial charge in [0.05, 0.1) is 5.69 Å². The van der Waals surface area contributed by atoms with E-state index in [4.69, 9.17) is 11.6 Å². The van der Waals surface area contributed by atoms with Gasteiger partial charge >= 0.3 is 0 Å². The van der Waals surface area contributed by atoms with E-state index < -0.39 is 0 Å². The fourth-order valence-electron chi connectivity index (χ4n) is 1.06. The number of aryl methyl sites for hydroxylation is 1. The molecule has 0 aliphatic heterocycles. The molecule has 0 saturated heterocycles. The fourth-order valence-corrected chi connectivity index (χ4v) is 1.28. The molecule has 1 aromatic heterocycles. The van der Waals surface area contributed by atoms with E-state index in [0.717, 1.165) is 17.0 Å². The molecule has 0 aliphatic rings. The molecule has 0 atom stereocenters. The van der Waals surface area contributed by atoms with Crippen LogP contribution >= 0.6 is 11.6 Å². The Morgan fingerprint density at radius 1 is 1.43 bits per heavy atom. The largest absolute Gasteiger partial charge is 0.223 e. The maximum Gasteiger partial charge on any atom is 0.223 e. The van der Waals surface area contributed by atoms with Crippen molar-refractivity contribution < 1.29 is 0 Å². The molecule has 3 heteroatoms. The lowest BCUT2D eigenvalue weighted by molar-refractivity contribution is 1.08.